The Labute approximate surface area is 195 Å². The molecule has 0 saturated heterocycles. The highest BCUT2D eigenvalue weighted by atomic mass is 19.4. The van der Waals surface area contributed by atoms with Crippen molar-refractivity contribution in [2.45, 2.75) is 37.8 Å². The highest BCUT2D eigenvalue weighted by Crippen LogP contribution is 2.46. The summed E-state index contributed by atoms with van der Waals surface area (Å²) in [5, 5.41) is 5.22. The minimum atomic E-state index is -6.62. The van der Waals surface area contributed by atoms with Crippen molar-refractivity contribution >= 4 is 23.2 Å². The van der Waals surface area contributed by atoms with Crippen molar-refractivity contribution in [1.29, 1.82) is 0 Å². The van der Waals surface area contributed by atoms with Crippen LogP contribution < -0.4 is 15.5 Å². The number of methoxy groups -OCH3 is 1. The van der Waals surface area contributed by atoms with E-state index in [1.807, 2.05) is 0 Å². The Hall–Kier alpha value is -3.64. The molecule has 190 valence electrons. The number of aryl methyl sites for hydroxylation is 1. The highest BCUT2D eigenvalue weighted by Gasteiger charge is 2.76. The van der Waals surface area contributed by atoms with Crippen LogP contribution in [-0.4, -0.2) is 42.7 Å². The number of amides is 2. The molecule has 0 unspecified atom stereocenters. The molecule has 0 aliphatic heterocycles. The third-order valence-electron chi connectivity index (χ3n) is 4.74. The van der Waals surface area contributed by atoms with E-state index in [-0.39, 0.29) is 12.1 Å². The number of hydrazone groups is 1. The Kier molecular flexibility index (Phi) is 8.47. The molecule has 0 aromatic heterocycles. The maximum absolute atomic E-state index is 13.4. The number of nitrogens with zero attached hydrogens (tertiary/aromatic N) is 1. The number of ether oxygens (including phenoxy) is 1. The van der Waals surface area contributed by atoms with Crippen molar-refractivity contribution in [1.82, 2.24) is 5.43 Å². The van der Waals surface area contributed by atoms with Crippen molar-refractivity contribution in [3.8, 4) is 5.75 Å². The summed E-state index contributed by atoms with van der Waals surface area (Å²) in [6, 6.07) is 11.6. The summed E-state index contributed by atoms with van der Waals surface area (Å²) in [7, 11) is 1.53. The van der Waals surface area contributed by atoms with Gasteiger partial charge in [0.1, 0.15) is 5.75 Å². The van der Waals surface area contributed by atoms with Crippen LogP contribution in [0.3, 0.4) is 0 Å². The Morgan fingerprint density at radius 2 is 1.49 bits per heavy atom. The SMILES string of the molecule is COc1ccc(CCC(=O)N/N=C(\C)c2ccc(NC(=O)C(F)(F)C(F)(F)C(F)(F)F)cc2)cc1. The van der Waals surface area contributed by atoms with E-state index >= 15 is 0 Å². The van der Waals surface area contributed by atoms with Gasteiger partial charge in [0.25, 0.3) is 0 Å². The smallest absolute Gasteiger partial charge is 0.460 e. The first kappa shape index (κ1) is 27.6. The molecule has 0 aliphatic carbocycles. The van der Waals surface area contributed by atoms with Crippen LogP contribution in [0.5, 0.6) is 5.75 Å². The van der Waals surface area contributed by atoms with Crippen LogP contribution in [0, 0.1) is 0 Å². The monoisotopic (exact) mass is 507 g/mol. The molecule has 0 heterocycles. The third kappa shape index (κ3) is 6.70. The van der Waals surface area contributed by atoms with E-state index in [0.717, 1.165) is 17.7 Å². The molecule has 0 spiro atoms. The van der Waals surface area contributed by atoms with E-state index in [1.165, 1.54) is 31.5 Å². The minimum absolute atomic E-state index is 0.130. The van der Waals surface area contributed by atoms with Gasteiger partial charge in [-0.25, -0.2) is 5.43 Å². The Bertz CT molecular complexity index is 1070. The zero-order valence-electron chi connectivity index (χ0n) is 18.4. The normalized spacial score (nSPS) is 12.8. The van der Waals surface area contributed by atoms with Crippen LogP contribution in [0.2, 0.25) is 0 Å². The lowest BCUT2D eigenvalue weighted by Crippen LogP contribution is -2.57. The van der Waals surface area contributed by atoms with Gasteiger partial charge in [-0.05, 0) is 48.7 Å². The van der Waals surface area contributed by atoms with E-state index in [2.05, 4.69) is 10.5 Å². The lowest BCUT2D eigenvalue weighted by molar-refractivity contribution is -0.343. The van der Waals surface area contributed by atoms with Crippen LogP contribution in [0.25, 0.3) is 0 Å². The molecule has 0 atom stereocenters. The lowest BCUT2D eigenvalue weighted by atomic mass is 10.1. The highest BCUT2D eigenvalue weighted by molar-refractivity contribution is 6.00. The predicted octanol–water partition coefficient (Wildman–Crippen LogP) is 4.94. The Balaban J connectivity index is 1.95. The fourth-order valence-electron chi connectivity index (χ4n) is 2.64. The standard InChI is InChI=1S/C22H20F7N3O3/c1-13(31-32-18(33)12-5-14-3-10-17(35-2)11-4-14)15-6-8-16(9-7-15)30-19(34)20(23,24)21(25,26)22(27,28)29/h3-4,6-11H,5,12H2,1-2H3,(H,30,34)(H,32,33)/b31-13+. The number of rotatable bonds is 9. The number of nitrogens with one attached hydrogen (secondary N) is 2. The summed E-state index contributed by atoms with van der Waals surface area (Å²) < 4.78 is 94.4. The first-order chi connectivity index (χ1) is 16.2. The number of carbonyl (C=O) groups excluding carboxylic acids is 2. The molecule has 0 radical (unpaired) electrons. The fraction of sp³-hybridized carbons (Fsp3) is 0.318. The van der Waals surface area contributed by atoms with E-state index in [9.17, 15) is 40.3 Å². The van der Waals surface area contributed by atoms with Crippen LogP contribution in [0.15, 0.2) is 53.6 Å². The van der Waals surface area contributed by atoms with E-state index < -0.39 is 35.5 Å². The summed E-state index contributed by atoms with van der Waals surface area (Å²) in [5.41, 5.74) is 3.41. The van der Waals surface area contributed by atoms with Gasteiger partial charge in [-0.15, -0.1) is 0 Å². The second-order valence-corrected chi connectivity index (χ2v) is 7.26. The molecule has 35 heavy (non-hydrogen) atoms. The van der Waals surface area contributed by atoms with Gasteiger partial charge in [0.05, 0.1) is 12.8 Å². The van der Waals surface area contributed by atoms with Crippen molar-refractivity contribution in [3.05, 3.63) is 59.7 Å². The number of hydrogen-bond donors (Lipinski definition) is 2. The lowest BCUT2D eigenvalue weighted by Gasteiger charge is -2.27. The molecular weight excluding hydrogens is 487 g/mol. The summed E-state index contributed by atoms with van der Waals surface area (Å²) in [5.74, 6) is -15.1. The van der Waals surface area contributed by atoms with E-state index in [4.69, 9.17) is 4.74 Å². The van der Waals surface area contributed by atoms with Crippen molar-refractivity contribution in [2.24, 2.45) is 5.10 Å². The molecule has 0 saturated carbocycles. The molecule has 13 heteroatoms. The molecular formula is C22H20F7N3O3. The predicted molar refractivity (Wildman–Crippen MR) is 113 cm³/mol. The number of hydrogen-bond acceptors (Lipinski definition) is 4. The van der Waals surface area contributed by atoms with Crippen LogP contribution in [-0.2, 0) is 16.0 Å². The van der Waals surface area contributed by atoms with Gasteiger partial charge < -0.3 is 10.1 Å². The second kappa shape index (κ2) is 10.7. The van der Waals surface area contributed by atoms with Crippen LogP contribution >= 0.6 is 0 Å². The largest absolute Gasteiger partial charge is 0.497 e. The maximum Gasteiger partial charge on any atom is 0.460 e. The first-order valence-corrected chi connectivity index (χ1v) is 9.89. The average molecular weight is 507 g/mol. The van der Waals surface area contributed by atoms with Crippen molar-refractivity contribution < 1.29 is 45.1 Å². The van der Waals surface area contributed by atoms with E-state index in [0.29, 0.717) is 17.7 Å². The van der Waals surface area contributed by atoms with Gasteiger partial charge >= 0.3 is 23.9 Å². The van der Waals surface area contributed by atoms with Crippen LogP contribution in [0.4, 0.5) is 36.4 Å². The molecule has 2 aromatic rings. The van der Waals surface area contributed by atoms with Gasteiger partial charge in [-0.3, -0.25) is 9.59 Å². The molecule has 2 amide bonds. The fourth-order valence-corrected chi connectivity index (χ4v) is 2.64. The van der Waals surface area contributed by atoms with Gasteiger partial charge in [0.2, 0.25) is 5.91 Å². The van der Waals surface area contributed by atoms with Crippen molar-refractivity contribution in [3.63, 3.8) is 0 Å². The summed E-state index contributed by atoms with van der Waals surface area (Å²) in [4.78, 5) is 23.4. The van der Waals surface area contributed by atoms with Crippen LogP contribution in [0.1, 0.15) is 24.5 Å². The Morgan fingerprint density at radius 3 is 2.00 bits per heavy atom. The van der Waals surface area contributed by atoms with Gasteiger partial charge in [-0.1, -0.05) is 24.3 Å². The van der Waals surface area contributed by atoms with Gasteiger partial charge in [0, 0.05) is 12.1 Å². The number of halogens is 7. The number of carbonyl (C=O) groups is 2. The topological polar surface area (TPSA) is 79.8 Å². The first-order valence-electron chi connectivity index (χ1n) is 9.89. The molecule has 2 rings (SSSR count). The summed E-state index contributed by atoms with van der Waals surface area (Å²) in [6.07, 6.45) is -6.05. The Morgan fingerprint density at radius 1 is 0.914 bits per heavy atom. The zero-order chi connectivity index (χ0) is 26.4. The van der Waals surface area contributed by atoms with E-state index in [1.54, 1.807) is 24.3 Å². The molecule has 6 nitrogen and oxygen atoms in total. The molecule has 2 aromatic carbocycles. The number of benzene rings is 2. The summed E-state index contributed by atoms with van der Waals surface area (Å²) in [6.45, 7) is 1.50. The summed E-state index contributed by atoms with van der Waals surface area (Å²) >= 11 is 0. The maximum atomic E-state index is 13.4. The molecule has 0 aliphatic rings. The molecule has 0 fully saturated rings. The molecule has 2 N–H and O–H groups in total. The molecule has 0 bridgehead atoms. The number of alkyl halides is 7. The second-order valence-electron chi connectivity index (χ2n) is 7.26. The van der Waals surface area contributed by atoms with Gasteiger partial charge in [0.15, 0.2) is 0 Å². The quantitative estimate of drug-likeness (QED) is 0.287. The zero-order valence-corrected chi connectivity index (χ0v) is 18.4. The minimum Gasteiger partial charge on any atom is -0.497 e. The van der Waals surface area contributed by atoms with Gasteiger partial charge in [-0.2, -0.15) is 35.8 Å². The third-order valence-corrected chi connectivity index (χ3v) is 4.74. The average Bonchev–Trinajstić information content (AvgIpc) is 2.81. The number of anilines is 1. The van der Waals surface area contributed by atoms with Crippen molar-refractivity contribution in [2.75, 3.05) is 12.4 Å².